The van der Waals surface area contributed by atoms with Gasteiger partial charge in [-0.05, 0) is 30.8 Å². The van der Waals surface area contributed by atoms with Crippen LogP contribution >= 0.6 is 11.6 Å². The van der Waals surface area contributed by atoms with Crippen molar-refractivity contribution < 1.29 is 4.39 Å². The van der Waals surface area contributed by atoms with E-state index in [1.165, 1.54) is 12.1 Å². The standard InChI is InChI=1S/C11H11ClFN3/c12-10-7-16(15-11(10)5-6-14)9-3-1-8(13)2-4-9/h1-4,7H,5-6,14H2. The molecule has 0 aliphatic heterocycles. The van der Waals surface area contributed by atoms with E-state index in [9.17, 15) is 4.39 Å². The molecule has 2 aromatic rings. The van der Waals surface area contributed by atoms with Crippen LogP contribution in [-0.4, -0.2) is 16.3 Å². The Hall–Kier alpha value is -1.39. The average Bonchev–Trinajstić information content (AvgIpc) is 2.62. The van der Waals surface area contributed by atoms with Crippen LogP contribution < -0.4 is 5.73 Å². The van der Waals surface area contributed by atoms with E-state index in [0.29, 0.717) is 18.0 Å². The summed E-state index contributed by atoms with van der Waals surface area (Å²) in [7, 11) is 0. The van der Waals surface area contributed by atoms with Gasteiger partial charge in [-0.1, -0.05) is 11.6 Å². The molecule has 1 heterocycles. The van der Waals surface area contributed by atoms with Gasteiger partial charge in [-0.2, -0.15) is 5.10 Å². The first kappa shape index (κ1) is 11.1. The minimum absolute atomic E-state index is 0.274. The molecule has 0 aliphatic carbocycles. The van der Waals surface area contributed by atoms with E-state index in [1.54, 1.807) is 23.0 Å². The van der Waals surface area contributed by atoms with Gasteiger partial charge in [0.1, 0.15) is 5.82 Å². The average molecular weight is 240 g/mol. The molecule has 16 heavy (non-hydrogen) atoms. The predicted octanol–water partition coefficient (Wildman–Crippen LogP) is 2.17. The van der Waals surface area contributed by atoms with Crippen LogP contribution in [0.2, 0.25) is 5.02 Å². The Bertz CT molecular complexity index is 478. The van der Waals surface area contributed by atoms with E-state index in [0.717, 1.165) is 11.4 Å². The molecule has 0 saturated heterocycles. The van der Waals surface area contributed by atoms with Crippen molar-refractivity contribution in [1.82, 2.24) is 9.78 Å². The number of benzene rings is 1. The molecule has 0 aliphatic rings. The molecule has 0 amide bonds. The largest absolute Gasteiger partial charge is 0.330 e. The third-order valence-electron chi connectivity index (χ3n) is 2.21. The second-order valence-electron chi connectivity index (χ2n) is 3.38. The Morgan fingerprint density at radius 3 is 2.62 bits per heavy atom. The van der Waals surface area contributed by atoms with Crippen LogP contribution in [0.5, 0.6) is 0 Å². The Morgan fingerprint density at radius 2 is 2.00 bits per heavy atom. The number of nitrogens with zero attached hydrogens (tertiary/aromatic N) is 2. The van der Waals surface area contributed by atoms with Crippen LogP contribution in [-0.2, 0) is 6.42 Å². The quantitative estimate of drug-likeness (QED) is 0.892. The fourth-order valence-electron chi connectivity index (χ4n) is 1.42. The summed E-state index contributed by atoms with van der Waals surface area (Å²) >= 11 is 5.99. The summed E-state index contributed by atoms with van der Waals surface area (Å²) in [4.78, 5) is 0. The van der Waals surface area contributed by atoms with E-state index in [1.807, 2.05) is 0 Å². The van der Waals surface area contributed by atoms with E-state index >= 15 is 0 Å². The highest BCUT2D eigenvalue weighted by molar-refractivity contribution is 6.31. The van der Waals surface area contributed by atoms with Crippen molar-refractivity contribution in [2.24, 2.45) is 5.73 Å². The maximum absolute atomic E-state index is 12.7. The highest BCUT2D eigenvalue weighted by Crippen LogP contribution is 2.17. The second kappa shape index (κ2) is 4.63. The van der Waals surface area contributed by atoms with Crippen molar-refractivity contribution in [3.63, 3.8) is 0 Å². The van der Waals surface area contributed by atoms with Crippen molar-refractivity contribution in [3.05, 3.63) is 47.0 Å². The molecule has 1 aromatic carbocycles. The van der Waals surface area contributed by atoms with Crippen LogP contribution in [0.15, 0.2) is 30.5 Å². The third kappa shape index (κ3) is 2.23. The fraction of sp³-hybridized carbons (Fsp3) is 0.182. The first-order valence-electron chi connectivity index (χ1n) is 4.91. The number of aromatic nitrogens is 2. The van der Waals surface area contributed by atoms with Crippen LogP contribution in [0.4, 0.5) is 4.39 Å². The third-order valence-corrected chi connectivity index (χ3v) is 2.53. The van der Waals surface area contributed by atoms with Gasteiger partial charge in [-0.3, -0.25) is 0 Å². The van der Waals surface area contributed by atoms with E-state index in [2.05, 4.69) is 5.10 Å². The van der Waals surface area contributed by atoms with Gasteiger partial charge < -0.3 is 5.73 Å². The molecule has 2 rings (SSSR count). The summed E-state index contributed by atoms with van der Waals surface area (Å²) in [5, 5.41) is 4.86. The molecular weight excluding hydrogens is 229 g/mol. The minimum Gasteiger partial charge on any atom is -0.330 e. The number of halogens is 2. The molecule has 0 unspecified atom stereocenters. The zero-order valence-corrected chi connectivity index (χ0v) is 9.28. The normalized spacial score (nSPS) is 10.7. The first-order valence-corrected chi connectivity index (χ1v) is 5.28. The molecule has 5 heteroatoms. The Morgan fingerprint density at radius 1 is 1.31 bits per heavy atom. The highest BCUT2D eigenvalue weighted by Gasteiger charge is 2.07. The lowest BCUT2D eigenvalue weighted by Crippen LogP contribution is -2.04. The summed E-state index contributed by atoms with van der Waals surface area (Å²) in [5.41, 5.74) is 6.97. The molecule has 84 valence electrons. The highest BCUT2D eigenvalue weighted by atomic mass is 35.5. The zero-order chi connectivity index (χ0) is 11.5. The van der Waals surface area contributed by atoms with Gasteiger partial charge in [-0.25, -0.2) is 9.07 Å². The molecule has 0 saturated carbocycles. The molecule has 0 spiro atoms. The van der Waals surface area contributed by atoms with Crippen molar-refractivity contribution in [1.29, 1.82) is 0 Å². The lowest BCUT2D eigenvalue weighted by molar-refractivity contribution is 0.627. The predicted molar refractivity (Wildman–Crippen MR) is 61.3 cm³/mol. The first-order chi connectivity index (χ1) is 7.70. The molecular formula is C11H11ClFN3. The summed E-state index contributed by atoms with van der Waals surface area (Å²) in [6.45, 7) is 0.500. The van der Waals surface area contributed by atoms with Crippen molar-refractivity contribution in [2.45, 2.75) is 6.42 Å². The summed E-state index contributed by atoms with van der Waals surface area (Å²) < 4.78 is 14.4. The van der Waals surface area contributed by atoms with Crippen LogP contribution in [0, 0.1) is 5.82 Å². The van der Waals surface area contributed by atoms with Gasteiger partial charge in [-0.15, -0.1) is 0 Å². The Balaban J connectivity index is 2.33. The lowest BCUT2D eigenvalue weighted by atomic mass is 10.3. The minimum atomic E-state index is -0.274. The number of hydrogen-bond donors (Lipinski definition) is 1. The van der Waals surface area contributed by atoms with Crippen LogP contribution in [0.25, 0.3) is 5.69 Å². The maximum atomic E-state index is 12.7. The van der Waals surface area contributed by atoms with Crippen LogP contribution in [0.3, 0.4) is 0 Å². The number of nitrogens with two attached hydrogens (primary N) is 1. The van der Waals surface area contributed by atoms with Gasteiger partial charge in [0.05, 0.1) is 16.4 Å². The molecule has 0 atom stereocenters. The van der Waals surface area contributed by atoms with Gasteiger partial charge in [0.15, 0.2) is 0 Å². The molecule has 3 nitrogen and oxygen atoms in total. The van der Waals surface area contributed by atoms with E-state index < -0.39 is 0 Å². The van der Waals surface area contributed by atoms with Crippen molar-refractivity contribution in [3.8, 4) is 5.69 Å². The van der Waals surface area contributed by atoms with Gasteiger partial charge in [0.2, 0.25) is 0 Å². The summed E-state index contributed by atoms with van der Waals surface area (Å²) in [5.74, 6) is -0.274. The topological polar surface area (TPSA) is 43.8 Å². The molecule has 0 radical (unpaired) electrons. The molecule has 0 fully saturated rings. The van der Waals surface area contributed by atoms with Gasteiger partial charge in [0.25, 0.3) is 0 Å². The monoisotopic (exact) mass is 239 g/mol. The Labute approximate surface area is 97.6 Å². The molecule has 1 aromatic heterocycles. The maximum Gasteiger partial charge on any atom is 0.123 e. The van der Waals surface area contributed by atoms with Gasteiger partial charge in [0, 0.05) is 12.6 Å². The van der Waals surface area contributed by atoms with E-state index in [-0.39, 0.29) is 5.82 Å². The van der Waals surface area contributed by atoms with Crippen LogP contribution in [0.1, 0.15) is 5.69 Å². The smallest absolute Gasteiger partial charge is 0.123 e. The SMILES string of the molecule is NCCc1nn(-c2ccc(F)cc2)cc1Cl. The van der Waals surface area contributed by atoms with Crippen molar-refractivity contribution >= 4 is 11.6 Å². The summed E-state index contributed by atoms with van der Waals surface area (Å²) in [6.07, 6.45) is 2.33. The summed E-state index contributed by atoms with van der Waals surface area (Å²) in [6, 6.07) is 6.05. The molecule has 2 N–H and O–H groups in total. The number of hydrogen-bond acceptors (Lipinski definition) is 2. The number of rotatable bonds is 3. The Kier molecular flexibility index (Phi) is 3.22. The van der Waals surface area contributed by atoms with E-state index in [4.69, 9.17) is 17.3 Å². The second-order valence-corrected chi connectivity index (χ2v) is 3.79. The zero-order valence-electron chi connectivity index (χ0n) is 8.53. The fourth-order valence-corrected chi connectivity index (χ4v) is 1.65. The van der Waals surface area contributed by atoms with Crippen molar-refractivity contribution in [2.75, 3.05) is 6.54 Å². The lowest BCUT2D eigenvalue weighted by Gasteiger charge is -1.99. The van der Waals surface area contributed by atoms with Gasteiger partial charge >= 0.3 is 0 Å². The molecule has 0 bridgehead atoms.